The standard InChI is InChI=1S/C26H26FN3O4S/c1-19-8-12-21(13-9-19)30(35(33,34)22-14-10-20(27)11-15-22)18-25(31)28-24-7-3-2-6-23(24)26(32)29-16-4-5-17-29/h2-3,6-15H,4-5,16-18H2,1H3,(H,28,31). The molecule has 2 amide bonds. The minimum atomic E-state index is -4.18. The zero-order valence-corrected chi connectivity index (χ0v) is 20.1. The molecule has 0 saturated carbocycles. The molecule has 0 spiro atoms. The van der Waals surface area contributed by atoms with E-state index in [4.69, 9.17) is 0 Å². The Kier molecular flexibility index (Phi) is 7.16. The number of carbonyl (C=O) groups excluding carboxylic acids is 2. The topological polar surface area (TPSA) is 86.8 Å². The van der Waals surface area contributed by atoms with Crippen molar-refractivity contribution in [1.82, 2.24) is 4.90 Å². The van der Waals surface area contributed by atoms with Crippen molar-refractivity contribution in [3.8, 4) is 0 Å². The highest BCUT2D eigenvalue weighted by atomic mass is 32.2. The van der Waals surface area contributed by atoms with E-state index < -0.39 is 28.3 Å². The number of amides is 2. The van der Waals surface area contributed by atoms with Gasteiger partial charge in [-0.2, -0.15) is 0 Å². The van der Waals surface area contributed by atoms with E-state index in [0.29, 0.717) is 24.3 Å². The summed E-state index contributed by atoms with van der Waals surface area (Å²) in [5, 5.41) is 2.71. The molecule has 0 aromatic heterocycles. The van der Waals surface area contributed by atoms with Crippen LogP contribution in [0.15, 0.2) is 77.7 Å². The van der Waals surface area contributed by atoms with E-state index in [2.05, 4.69) is 5.32 Å². The molecule has 1 aliphatic rings. The predicted octanol–water partition coefficient (Wildman–Crippen LogP) is 4.20. The van der Waals surface area contributed by atoms with Gasteiger partial charge in [0.05, 0.1) is 21.8 Å². The minimum Gasteiger partial charge on any atom is -0.339 e. The summed E-state index contributed by atoms with van der Waals surface area (Å²) in [6.07, 6.45) is 1.88. The van der Waals surface area contributed by atoms with Crippen molar-refractivity contribution < 1.29 is 22.4 Å². The molecule has 1 heterocycles. The average molecular weight is 496 g/mol. The second kappa shape index (κ2) is 10.3. The van der Waals surface area contributed by atoms with Gasteiger partial charge in [0.1, 0.15) is 12.4 Å². The molecule has 182 valence electrons. The SMILES string of the molecule is Cc1ccc(N(CC(=O)Nc2ccccc2C(=O)N2CCCC2)S(=O)(=O)c2ccc(F)cc2)cc1. The normalized spacial score (nSPS) is 13.5. The molecule has 0 bridgehead atoms. The van der Waals surface area contributed by atoms with Crippen LogP contribution in [0.3, 0.4) is 0 Å². The molecule has 1 N–H and O–H groups in total. The summed E-state index contributed by atoms with van der Waals surface area (Å²) in [5.41, 5.74) is 1.88. The number of hydrogen-bond donors (Lipinski definition) is 1. The lowest BCUT2D eigenvalue weighted by atomic mass is 10.1. The van der Waals surface area contributed by atoms with Crippen molar-refractivity contribution in [1.29, 1.82) is 0 Å². The van der Waals surface area contributed by atoms with Gasteiger partial charge in [-0.3, -0.25) is 13.9 Å². The number of halogens is 1. The first kappa shape index (κ1) is 24.4. The molecule has 7 nitrogen and oxygen atoms in total. The molecule has 9 heteroatoms. The van der Waals surface area contributed by atoms with E-state index in [-0.39, 0.29) is 16.5 Å². The van der Waals surface area contributed by atoms with Gasteiger partial charge in [0.15, 0.2) is 0 Å². The smallest absolute Gasteiger partial charge is 0.264 e. The molecule has 1 aliphatic heterocycles. The van der Waals surface area contributed by atoms with Gasteiger partial charge in [0, 0.05) is 13.1 Å². The number of rotatable bonds is 7. The van der Waals surface area contributed by atoms with E-state index >= 15 is 0 Å². The van der Waals surface area contributed by atoms with Crippen LogP contribution in [-0.2, 0) is 14.8 Å². The van der Waals surface area contributed by atoms with Crippen LogP contribution in [0.4, 0.5) is 15.8 Å². The third kappa shape index (κ3) is 5.51. The number of carbonyl (C=O) groups is 2. The van der Waals surface area contributed by atoms with Crippen LogP contribution >= 0.6 is 0 Å². The molecule has 0 atom stereocenters. The van der Waals surface area contributed by atoms with Crippen molar-refractivity contribution in [3.05, 3.63) is 89.7 Å². The fourth-order valence-electron chi connectivity index (χ4n) is 3.95. The van der Waals surface area contributed by atoms with Gasteiger partial charge in [-0.25, -0.2) is 12.8 Å². The van der Waals surface area contributed by atoms with Crippen LogP contribution in [0.2, 0.25) is 0 Å². The summed E-state index contributed by atoms with van der Waals surface area (Å²) in [7, 11) is -4.18. The Bertz CT molecular complexity index is 1320. The maximum atomic E-state index is 13.4. The van der Waals surface area contributed by atoms with Gasteiger partial charge in [0.2, 0.25) is 5.91 Å². The summed E-state index contributed by atoms with van der Waals surface area (Å²) in [6.45, 7) is 2.66. The third-order valence-corrected chi connectivity index (χ3v) is 7.62. The van der Waals surface area contributed by atoms with Crippen molar-refractivity contribution in [2.45, 2.75) is 24.7 Å². The maximum absolute atomic E-state index is 13.4. The van der Waals surface area contributed by atoms with Crippen LogP contribution in [0, 0.1) is 12.7 Å². The summed E-state index contributed by atoms with van der Waals surface area (Å²) in [5.74, 6) is -1.35. The van der Waals surface area contributed by atoms with Gasteiger partial charge in [-0.15, -0.1) is 0 Å². The van der Waals surface area contributed by atoms with Crippen LogP contribution in [0.1, 0.15) is 28.8 Å². The van der Waals surface area contributed by atoms with E-state index in [1.165, 1.54) is 0 Å². The highest BCUT2D eigenvalue weighted by Gasteiger charge is 2.28. The first-order valence-electron chi connectivity index (χ1n) is 11.3. The zero-order valence-electron chi connectivity index (χ0n) is 19.3. The highest BCUT2D eigenvalue weighted by molar-refractivity contribution is 7.92. The number of para-hydroxylation sites is 1. The van der Waals surface area contributed by atoms with Crippen LogP contribution in [-0.4, -0.2) is 44.8 Å². The molecule has 1 saturated heterocycles. The number of aryl methyl sites for hydroxylation is 1. The fourth-order valence-corrected chi connectivity index (χ4v) is 5.37. The number of benzene rings is 3. The molecule has 4 rings (SSSR count). The summed E-state index contributed by atoms with van der Waals surface area (Å²) >= 11 is 0. The second-order valence-electron chi connectivity index (χ2n) is 8.39. The summed E-state index contributed by atoms with van der Waals surface area (Å²) < 4.78 is 41.2. The average Bonchev–Trinajstić information content (AvgIpc) is 3.38. The predicted molar refractivity (Wildman–Crippen MR) is 132 cm³/mol. The summed E-state index contributed by atoms with van der Waals surface area (Å²) in [6, 6.07) is 17.8. The van der Waals surface area contributed by atoms with Crippen molar-refractivity contribution in [2.75, 3.05) is 29.3 Å². The van der Waals surface area contributed by atoms with Gasteiger partial charge < -0.3 is 10.2 Å². The van der Waals surface area contributed by atoms with Crippen LogP contribution in [0.25, 0.3) is 0 Å². The molecule has 3 aromatic carbocycles. The molecular weight excluding hydrogens is 469 g/mol. The van der Waals surface area contributed by atoms with E-state index in [0.717, 1.165) is 47.0 Å². The van der Waals surface area contributed by atoms with Crippen molar-refractivity contribution >= 4 is 33.2 Å². The second-order valence-corrected chi connectivity index (χ2v) is 10.3. The number of nitrogens with one attached hydrogen (secondary N) is 1. The molecule has 1 fully saturated rings. The monoisotopic (exact) mass is 495 g/mol. The zero-order chi connectivity index (χ0) is 25.0. The Balaban J connectivity index is 1.62. The number of anilines is 2. The molecular formula is C26H26FN3O4S. The van der Waals surface area contributed by atoms with E-state index in [9.17, 15) is 22.4 Å². The maximum Gasteiger partial charge on any atom is 0.264 e. The Morgan fingerprint density at radius 3 is 2.23 bits per heavy atom. The molecule has 0 radical (unpaired) electrons. The lowest BCUT2D eigenvalue weighted by molar-refractivity contribution is -0.114. The van der Waals surface area contributed by atoms with Gasteiger partial charge in [-0.05, 0) is 68.3 Å². The van der Waals surface area contributed by atoms with E-state index in [1.54, 1.807) is 53.4 Å². The summed E-state index contributed by atoms with van der Waals surface area (Å²) in [4.78, 5) is 27.6. The van der Waals surface area contributed by atoms with Crippen LogP contribution in [0.5, 0.6) is 0 Å². The number of hydrogen-bond acceptors (Lipinski definition) is 4. The Hall–Kier alpha value is -3.72. The quantitative estimate of drug-likeness (QED) is 0.532. The largest absolute Gasteiger partial charge is 0.339 e. The Labute approximate surface area is 204 Å². The lowest BCUT2D eigenvalue weighted by Gasteiger charge is -2.24. The minimum absolute atomic E-state index is 0.142. The van der Waals surface area contributed by atoms with Crippen molar-refractivity contribution in [3.63, 3.8) is 0 Å². The van der Waals surface area contributed by atoms with E-state index in [1.807, 2.05) is 6.92 Å². The first-order valence-corrected chi connectivity index (χ1v) is 12.7. The number of likely N-dealkylation sites (tertiary alicyclic amines) is 1. The Morgan fingerprint density at radius 1 is 0.943 bits per heavy atom. The van der Waals surface area contributed by atoms with Crippen LogP contribution < -0.4 is 9.62 Å². The number of nitrogens with zero attached hydrogens (tertiary/aromatic N) is 2. The molecule has 0 aliphatic carbocycles. The Morgan fingerprint density at radius 2 is 1.57 bits per heavy atom. The van der Waals surface area contributed by atoms with Gasteiger partial charge >= 0.3 is 0 Å². The first-order chi connectivity index (χ1) is 16.8. The molecule has 3 aromatic rings. The molecule has 0 unspecified atom stereocenters. The highest BCUT2D eigenvalue weighted by Crippen LogP contribution is 2.25. The lowest BCUT2D eigenvalue weighted by Crippen LogP contribution is -2.38. The van der Waals surface area contributed by atoms with Crippen molar-refractivity contribution in [2.24, 2.45) is 0 Å². The third-order valence-electron chi connectivity index (χ3n) is 5.84. The molecule has 35 heavy (non-hydrogen) atoms. The fraction of sp³-hybridized carbons (Fsp3) is 0.231. The van der Waals surface area contributed by atoms with Gasteiger partial charge in [-0.1, -0.05) is 29.8 Å². The number of sulfonamides is 1. The van der Waals surface area contributed by atoms with Gasteiger partial charge in [0.25, 0.3) is 15.9 Å².